The van der Waals surface area contributed by atoms with Gasteiger partial charge in [0.2, 0.25) is 5.88 Å². The van der Waals surface area contributed by atoms with Crippen molar-refractivity contribution in [3.63, 3.8) is 0 Å². The van der Waals surface area contributed by atoms with Crippen molar-refractivity contribution in [2.75, 3.05) is 6.61 Å². The number of hydrogen-bond acceptors (Lipinski definition) is 4. The molecular weight excluding hydrogens is 366 g/mol. The lowest BCUT2D eigenvalue weighted by Gasteiger charge is -2.11. The minimum Gasteiger partial charge on any atom is -0.490 e. The van der Waals surface area contributed by atoms with Crippen molar-refractivity contribution in [3.8, 4) is 17.4 Å². The van der Waals surface area contributed by atoms with E-state index in [0.29, 0.717) is 37.1 Å². The quantitative estimate of drug-likeness (QED) is 0.589. The number of ether oxygens (including phenoxy) is 2. The molecule has 0 aliphatic heterocycles. The number of nitrogens with one attached hydrogen (secondary N) is 2. The zero-order valence-electron chi connectivity index (χ0n) is 16.6. The second-order valence-corrected chi connectivity index (χ2v) is 6.51. The molecule has 0 saturated carbocycles. The van der Waals surface area contributed by atoms with Crippen LogP contribution in [0.4, 0.5) is 4.79 Å². The van der Waals surface area contributed by atoms with E-state index in [1.54, 1.807) is 12.3 Å². The van der Waals surface area contributed by atoms with Gasteiger partial charge in [-0.3, -0.25) is 0 Å². The molecule has 0 bridgehead atoms. The lowest BCUT2D eigenvalue weighted by molar-refractivity contribution is 0.240. The van der Waals surface area contributed by atoms with Gasteiger partial charge in [0, 0.05) is 25.4 Å². The molecule has 0 atom stereocenters. The van der Waals surface area contributed by atoms with E-state index in [9.17, 15) is 4.79 Å². The SMILES string of the molecule is CCOc1ccccc1Oc1ccc(CNC(=O)NCc2cccc(C)c2)cn1. The summed E-state index contributed by atoms with van der Waals surface area (Å²) in [5.41, 5.74) is 3.11. The van der Waals surface area contributed by atoms with Gasteiger partial charge in [-0.25, -0.2) is 9.78 Å². The Morgan fingerprint density at radius 3 is 2.38 bits per heavy atom. The van der Waals surface area contributed by atoms with Crippen molar-refractivity contribution < 1.29 is 14.3 Å². The van der Waals surface area contributed by atoms with Crippen LogP contribution < -0.4 is 20.1 Å². The molecule has 1 aromatic heterocycles. The number of amides is 2. The monoisotopic (exact) mass is 391 g/mol. The molecule has 6 heteroatoms. The highest BCUT2D eigenvalue weighted by atomic mass is 16.5. The Morgan fingerprint density at radius 1 is 0.931 bits per heavy atom. The van der Waals surface area contributed by atoms with Crippen LogP contribution in [0.15, 0.2) is 66.9 Å². The molecule has 0 fully saturated rings. The van der Waals surface area contributed by atoms with E-state index in [-0.39, 0.29) is 6.03 Å². The zero-order chi connectivity index (χ0) is 20.5. The van der Waals surface area contributed by atoms with E-state index in [1.807, 2.05) is 68.4 Å². The summed E-state index contributed by atoms with van der Waals surface area (Å²) in [5.74, 6) is 1.75. The van der Waals surface area contributed by atoms with E-state index in [0.717, 1.165) is 11.1 Å². The van der Waals surface area contributed by atoms with Crippen molar-refractivity contribution in [2.45, 2.75) is 26.9 Å². The normalized spacial score (nSPS) is 10.3. The number of aryl methyl sites for hydroxylation is 1. The highest BCUT2D eigenvalue weighted by Crippen LogP contribution is 2.30. The topological polar surface area (TPSA) is 72.5 Å². The molecule has 6 nitrogen and oxygen atoms in total. The van der Waals surface area contributed by atoms with Crippen molar-refractivity contribution in [1.82, 2.24) is 15.6 Å². The van der Waals surface area contributed by atoms with Crippen LogP contribution in [0.5, 0.6) is 17.4 Å². The molecular formula is C23H25N3O3. The van der Waals surface area contributed by atoms with Crippen LogP contribution >= 0.6 is 0 Å². The third kappa shape index (κ3) is 6.24. The Morgan fingerprint density at radius 2 is 1.69 bits per heavy atom. The van der Waals surface area contributed by atoms with E-state index in [2.05, 4.69) is 15.6 Å². The van der Waals surface area contributed by atoms with Crippen LogP contribution in [0, 0.1) is 6.92 Å². The molecule has 29 heavy (non-hydrogen) atoms. The summed E-state index contributed by atoms with van der Waals surface area (Å²) in [7, 11) is 0. The van der Waals surface area contributed by atoms with Gasteiger partial charge in [0.15, 0.2) is 11.5 Å². The second kappa shape index (κ2) is 10.1. The Labute approximate surface area is 170 Å². The van der Waals surface area contributed by atoms with E-state index >= 15 is 0 Å². The van der Waals surface area contributed by atoms with Crippen LogP contribution in [-0.2, 0) is 13.1 Å². The van der Waals surface area contributed by atoms with Crippen LogP contribution in [0.1, 0.15) is 23.6 Å². The fourth-order valence-corrected chi connectivity index (χ4v) is 2.75. The number of pyridine rings is 1. The predicted octanol–water partition coefficient (Wildman–Crippen LogP) is 4.58. The van der Waals surface area contributed by atoms with Crippen molar-refractivity contribution in [3.05, 3.63) is 83.6 Å². The first-order chi connectivity index (χ1) is 14.1. The first kappa shape index (κ1) is 20.2. The molecule has 150 valence electrons. The number of hydrogen-bond donors (Lipinski definition) is 2. The second-order valence-electron chi connectivity index (χ2n) is 6.51. The summed E-state index contributed by atoms with van der Waals surface area (Å²) < 4.78 is 11.4. The molecule has 0 radical (unpaired) electrons. The third-order valence-corrected chi connectivity index (χ3v) is 4.15. The Bertz CT molecular complexity index is 942. The number of carbonyl (C=O) groups excluding carboxylic acids is 1. The Hall–Kier alpha value is -3.54. The molecule has 3 rings (SSSR count). The summed E-state index contributed by atoms with van der Waals surface area (Å²) >= 11 is 0. The molecule has 2 N–H and O–H groups in total. The van der Waals surface area contributed by atoms with Gasteiger partial charge >= 0.3 is 6.03 Å². The van der Waals surface area contributed by atoms with Crippen LogP contribution in [0.3, 0.4) is 0 Å². The molecule has 0 spiro atoms. The van der Waals surface area contributed by atoms with E-state index < -0.39 is 0 Å². The van der Waals surface area contributed by atoms with Gasteiger partial charge in [-0.15, -0.1) is 0 Å². The average molecular weight is 391 g/mol. The largest absolute Gasteiger partial charge is 0.490 e. The molecule has 2 amide bonds. The van der Waals surface area contributed by atoms with Gasteiger partial charge in [-0.1, -0.05) is 48.0 Å². The number of rotatable bonds is 8. The predicted molar refractivity (Wildman–Crippen MR) is 112 cm³/mol. The lowest BCUT2D eigenvalue weighted by Crippen LogP contribution is -2.34. The van der Waals surface area contributed by atoms with Crippen molar-refractivity contribution in [1.29, 1.82) is 0 Å². The highest BCUT2D eigenvalue weighted by molar-refractivity contribution is 5.73. The number of para-hydroxylation sites is 2. The van der Waals surface area contributed by atoms with Gasteiger partial charge < -0.3 is 20.1 Å². The fourth-order valence-electron chi connectivity index (χ4n) is 2.75. The number of carbonyl (C=O) groups is 1. The van der Waals surface area contributed by atoms with Crippen LogP contribution in [-0.4, -0.2) is 17.6 Å². The van der Waals surface area contributed by atoms with Gasteiger partial charge in [0.1, 0.15) is 0 Å². The molecule has 3 aromatic rings. The maximum atomic E-state index is 12.0. The molecule has 1 heterocycles. The molecule has 2 aromatic carbocycles. The number of urea groups is 1. The van der Waals surface area contributed by atoms with Crippen molar-refractivity contribution >= 4 is 6.03 Å². The first-order valence-corrected chi connectivity index (χ1v) is 9.56. The third-order valence-electron chi connectivity index (χ3n) is 4.15. The van der Waals surface area contributed by atoms with Gasteiger partial charge in [-0.05, 0) is 37.1 Å². The van der Waals surface area contributed by atoms with E-state index in [4.69, 9.17) is 9.47 Å². The maximum absolute atomic E-state index is 12.0. The number of benzene rings is 2. The maximum Gasteiger partial charge on any atom is 0.315 e. The molecule has 0 saturated heterocycles. The Balaban J connectivity index is 1.48. The van der Waals surface area contributed by atoms with Crippen LogP contribution in [0.2, 0.25) is 0 Å². The van der Waals surface area contributed by atoms with Gasteiger partial charge in [-0.2, -0.15) is 0 Å². The highest BCUT2D eigenvalue weighted by Gasteiger charge is 2.07. The Kier molecular flexibility index (Phi) is 7.05. The van der Waals surface area contributed by atoms with Crippen LogP contribution in [0.25, 0.3) is 0 Å². The van der Waals surface area contributed by atoms with Crippen molar-refractivity contribution in [2.24, 2.45) is 0 Å². The van der Waals surface area contributed by atoms with Gasteiger partial charge in [0.05, 0.1) is 6.61 Å². The molecule has 0 aliphatic rings. The molecule has 0 aliphatic carbocycles. The summed E-state index contributed by atoms with van der Waals surface area (Å²) in [4.78, 5) is 16.3. The average Bonchev–Trinajstić information content (AvgIpc) is 2.73. The lowest BCUT2D eigenvalue weighted by atomic mass is 10.1. The smallest absolute Gasteiger partial charge is 0.315 e. The number of nitrogens with zero attached hydrogens (tertiary/aromatic N) is 1. The summed E-state index contributed by atoms with van der Waals surface area (Å²) in [6, 6.07) is 18.9. The minimum atomic E-state index is -0.225. The summed E-state index contributed by atoms with van der Waals surface area (Å²) in [6.45, 7) is 5.37. The number of aromatic nitrogens is 1. The summed E-state index contributed by atoms with van der Waals surface area (Å²) in [5, 5.41) is 5.68. The first-order valence-electron chi connectivity index (χ1n) is 9.56. The van der Waals surface area contributed by atoms with E-state index in [1.165, 1.54) is 5.56 Å². The molecule has 0 unspecified atom stereocenters. The summed E-state index contributed by atoms with van der Waals surface area (Å²) in [6.07, 6.45) is 1.68. The standard InChI is InChI=1S/C23H25N3O3/c1-3-28-20-9-4-5-10-21(20)29-22-12-11-19(15-24-22)16-26-23(27)25-14-18-8-6-7-17(2)13-18/h4-13,15H,3,14,16H2,1-2H3,(H2,25,26,27). The van der Waals surface area contributed by atoms with Gasteiger partial charge in [0.25, 0.3) is 0 Å². The zero-order valence-corrected chi connectivity index (χ0v) is 16.6. The fraction of sp³-hybridized carbons (Fsp3) is 0.217. The minimum absolute atomic E-state index is 0.225.